The zero-order valence-corrected chi connectivity index (χ0v) is 16.1. The first-order valence-corrected chi connectivity index (χ1v) is 9.51. The number of halogens is 2. The number of hydrogen-bond donors (Lipinski definition) is 0. The van der Waals surface area contributed by atoms with E-state index >= 15 is 0 Å². The summed E-state index contributed by atoms with van der Waals surface area (Å²) < 4.78 is 5.67. The van der Waals surface area contributed by atoms with E-state index in [1.165, 1.54) is 6.07 Å². The van der Waals surface area contributed by atoms with Crippen LogP contribution in [0.2, 0.25) is 10.0 Å². The van der Waals surface area contributed by atoms with E-state index in [9.17, 15) is 9.59 Å². The third-order valence-electron chi connectivity index (χ3n) is 3.57. The smallest absolute Gasteiger partial charge is 0.261 e. The summed E-state index contributed by atoms with van der Waals surface area (Å²) in [6.07, 6.45) is 0.0868. The van der Waals surface area contributed by atoms with Gasteiger partial charge in [0, 0.05) is 17.4 Å². The second kappa shape index (κ2) is 8.28. The van der Waals surface area contributed by atoms with Crippen LogP contribution in [0.25, 0.3) is 0 Å². The number of anilines is 1. The lowest BCUT2D eigenvalue weighted by molar-refractivity contribution is -0.120. The number of rotatable bonds is 6. The molecule has 0 unspecified atom stereocenters. The molecule has 1 heterocycles. The lowest BCUT2D eigenvalue weighted by atomic mass is 10.1. The van der Waals surface area contributed by atoms with Gasteiger partial charge in [-0.05, 0) is 25.7 Å². The molecule has 0 aromatic heterocycles. The second-order valence-electron chi connectivity index (χ2n) is 5.47. The Hall–Kier alpha value is -1.17. The summed E-state index contributed by atoms with van der Waals surface area (Å²) in [6, 6.07) is 3.06. The summed E-state index contributed by atoms with van der Waals surface area (Å²) in [4.78, 5) is 25.9. The number of amides is 2. The Morgan fingerprint density at radius 1 is 1.25 bits per heavy atom. The fraction of sp³-hybridized carbons (Fsp3) is 0.412. The van der Waals surface area contributed by atoms with Gasteiger partial charge in [0.2, 0.25) is 5.91 Å². The third kappa shape index (κ3) is 4.08. The number of nitrogens with zero attached hydrogens (tertiary/aromatic N) is 1. The first kappa shape index (κ1) is 19.2. The maximum absolute atomic E-state index is 12.5. The number of carbonyl (C=O) groups excluding carboxylic acids is 2. The van der Waals surface area contributed by atoms with Crippen molar-refractivity contribution in [2.45, 2.75) is 27.2 Å². The number of hydrogen-bond acceptors (Lipinski definition) is 4. The van der Waals surface area contributed by atoms with Gasteiger partial charge in [-0.2, -0.15) is 11.8 Å². The molecule has 0 N–H and O–H groups in total. The van der Waals surface area contributed by atoms with Gasteiger partial charge in [0.15, 0.2) is 0 Å². The van der Waals surface area contributed by atoms with E-state index in [-0.39, 0.29) is 23.3 Å². The maximum atomic E-state index is 12.5. The standard InChI is InChI=1S/C17H19Cl2NO3S/c1-4-24-6-5-23-15-9-14(12(18)8-13(15)19)20-16(21)7-11(10(2)3)17(20)22/h8-9H,4-7H2,1-3H3. The molecule has 24 heavy (non-hydrogen) atoms. The lowest BCUT2D eigenvalue weighted by Gasteiger charge is -2.18. The Kier molecular flexibility index (Phi) is 6.61. The molecule has 1 aliphatic heterocycles. The van der Waals surface area contributed by atoms with Crippen molar-refractivity contribution in [1.29, 1.82) is 0 Å². The van der Waals surface area contributed by atoms with Crippen LogP contribution in [-0.4, -0.2) is 29.9 Å². The van der Waals surface area contributed by atoms with Gasteiger partial charge in [-0.15, -0.1) is 0 Å². The molecule has 2 amide bonds. The van der Waals surface area contributed by atoms with Crippen molar-refractivity contribution in [1.82, 2.24) is 0 Å². The van der Waals surface area contributed by atoms with Crippen molar-refractivity contribution < 1.29 is 14.3 Å². The first-order valence-electron chi connectivity index (χ1n) is 7.60. The Bertz CT molecular complexity index is 699. The highest BCUT2D eigenvalue weighted by Crippen LogP contribution is 2.39. The van der Waals surface area contributed by atoms with E-state index in [0.29, 0.717) is 28.6 Å². The van der Waals surface area contributed by atoms with Crippen LogP contribution in [0.3, 0.4) is 0 Å². The highest BCUT2D eigenvalue weighted by atomic mass is 35.5. The van der Waals surface area contributed by atoms with Crippen LogP contribution in [0.5, 0.6) is 5.75 Å². The van der Waals surface area contributed by atoms with Crippen molar-refractivity contribution in [2.75, 3.05) is 23.0 Å². The molecule has 1 aliphatic rings. The summed E-state index contributed by atoms with van der Waals surface area (Å²) in [5.74, 6) is 1.61. The van der Waals surface area contributed by atoms with E-state index in [4.69, 9.17) is 27.9 Å². The van der Waals surface area contributed by atoms with E-state index in [0.717, 1.165) is 22.0 Å². The highest BCUT2D eigenvalue weighted by molar-refractivity contribution is 7.99. The van der Waals surface area contributed by atoms with Crippen LogP contribution in [0.15, 0.2) is 23.3 Å². The molecule has 0 atom stereocenters. The molecule has 0 radical (unpaired) electrons. The minimum atomic E-state index is -0.336. The van der Waals surface area contributed by atoms with Gasteiger partial charge in [-0.1, -0.05) is 35.7 Å². The number of ether oxygens (including phenoxy) is 1. The minimum Gasteiger partial charge on any atom is -0.491 e. The van der Waals surface area contributed by atoms with Crippen molar-refractivity contribution in [3.05, 3.63) is 33.3 Å². The molecule has 0 spiro atoms. The predicted molar refractivity (Wildman–Crippen MR) is 100 cm³/mol. The SMILES string of the molecule is CCSCCOc1cc(N2C(=O)CC(=C(C)C)C2=O)c(Cl)cc1Cl. The van der Waals surface area contributed by atoms with Crippen LogP contribution < -0.4 is 9.64 Å². The van der Waals surface area contributed by atoms with Crippen molar-refractivity contribution in [3.8, 4) is 5.75 Å². The first-order chi connectivity index (χ1) is 11.4. The van der Waals surface area contributed by atoms with E-state index in [1.807, 2.05) is 13.8 Å². The summed E-state index contributed by atoms with van der Waals surface area (Å²) in [5.41, 5.74) is 1.65. The van der Waals surface area contributed by atoms with Gasteiger partial charge >= 0.3 is 0 Å². The molecule has 0 bridgehead atoms. The number of allylic oxidation sites excluding steroid dienone is 1. The summed E-state index contributed by atoms with van der Waals surface area (Å²) in [7, 11) is 0. The van der Waals surface area contributed by atoms with E-state index in [2.05, 4.69) is 6.92 Å². The molecule has 2 rings (SSSR count). The van der Waals surface area contributed by atoms with E-state index < -0.39 is 0 Å². The molecule has 4 nitrogen and oxygen atoms in total. The fourth-order valence-corrected chi connectivity index (χ4v) is 3.36. The number of thioether (sulfide) groups is 1. The minimum absolute atomic E-state index is 0.0868. The Morgan fingerprint density at radius 2 is 1.96 bits per heavy atom. The quantitative estimate of drug-likeness (QED) is 0.402. The molecule has 1 aromatic carbocycles. The maximum Gasteiger partial charge on any atom is 0.261 e. The van der Waals surface area contributed by atoms with Gasteiger partial charge in [-0.3, -0.25) is 9.59 Å². The normalized spacial score (nSPS) is 14.5. The molecule has 0 saturated carbocycles. The van der Waals surface area contributed by atoms with Crippen LogP contribution in [0.4, 0.5) is 5.69 Å². The van der Waals surface area contributed by atoms with Crippen LogP contribution >= 0.6 is 35.0 Å². The Balaban J connectivity index is 2.32. The van der Waals surface area contributed by atoms with Gasteiger partial charge < -0.3 is 4.74 Å². The average Bonchev–Trinajstić information content (AvgIpc) is 2.81. The van der Waals surface area contributed by atoms with Gasteiger partial charge in [0.05, 0.1) is 28.8 Å². The van der Waals surface area contributed by atoms with Gasteiger partial charge in [0.1, 0.15) is 5.75 Å². The van der Waals surface area contributed by atoms with Crippen LogP contribution in [-0.2, 0) is 9.59 Å². The topological polar surface area (TPSA) is 46.6 Å². The predicted octanol–water partition coefficient (Wildman–Crippen LogP) is 4.73. The third-order valence-corrected chi connectivity index (χ3v) is 5.04. The highest BCUT2D eigenvalue weighted by Gasteiger charge is 2.37. The summed E-state index contributed by atoms with van der Waals surface area (Å²) in [5, 5.41) is 0.596. The lowest BCUT2D eigenvalue weighted by Crippen LogP contribution is -2.29. The van der Waals surface area contributed by atoms with E-state index in [1.54, 1.807) is 17.8 Å². The van der Waals surface area contributed by atoms with Gasteiger partial charge in [-0.25, -0.2) is 4.90 Å². The van der Waals surface area contributed by atoms with Gasteiger partial charge in [0.25, 0.3) is 5.91 Å². The molecule has 130 valence electrons. The fourth-order valence-electron chi connectivity index (χ4n) is 2.34. The molecule has 1 aromatic rings. The molecule has 7 heteroatoms. The molecule has 1 fully saturated rings. The van der Waals surface area contributed by atoms with Crippen molar-refractivity contribution in [3.63, 3.8) is 0 Å². The molecule has 0 aliphatic carbocycles. The molecular formula is C17H19Cl2NO3S. The summed E-state index contributed by atoms with van der Waals surface area (Å²) in [6.45, 7) is 6.19. The van der Waals surface area contributed by atoms with Crippen LogP contribution in [0, 0.1) is 0 Å². The number of benzene rings is 1. The second-order valence-corrected chi connectivity index (χ2v) is 7.68. The van der Waals surface area contributed by atoms with Crippen molar-refractivity contribution >= 4 is 52.5 Å². The average molecular weight is 388 g/mol. The zero-order valence-electron chi connectivity index (χ0n) is 13.8. The molecule has 1 saturated heterocycles. The molecular weight excluding hydrogens is 369 g/mol. The zero-order chi connectivity index (χ0) is 17.9. The van der Waals surface area contributed by atoms with Crippen molar-refractivity contribution in [2.24, 2.45) is 0 Å². The largest absolute Gasteiger partial charge is 0.491 e. The van der Waals surface area contributed by atoms with Crippen LogP contribution in [0.1, 0.15) is 27.2 Å². The Labute approximate surface area is 156 Å². The number of imide groups is 1. The Morgan fingerprint density at radius 3 is 2.54 bits per heavy atom. The summed E-state index contributed by atoms with van der Waals surface area (Å²) >= 11 is 14.1. The number of carbonyl (C=O) groups is 2. The monoisotopic (exact) mass is 387 g/mol.